The summed E-state index contributed by atoms with van der Waals surface area (Å²) in [4.78, 5) is 40.0. The molecule has 0 amide bonds. The standard InChI is InChI=1S/C17H17N7O5/c1-20-14-13(15(26)21(2)17(20)27)22-9-12(19-23(6-7-25)16(22)18-14)10-4-3-5-11(8-10)24(28)29/h3-5,8,25H,6-7,9H2,1-2H3. The van der Waals surface area contributed by atoms with Crippen molar-refractivity contribution in [2.45, 2.75) is 6.54 Å². The van der Waals surface area contributed by atoms with Gasteiger partial charge in [0.05, 0.1) is 30.3 Å². The van der Waals surface area contributed by atoms with Crippen LogP contribution >= 0.6 is 0 Å². The lowest BCUT2D eigenvalue weighted by molar-refractivity contribution is -0.384. The number of hydrogen-bond donors (Lipinski definition) is 1. The van der Waals surface area contributed by atoms with Gasteiger partial charge in [-0.25, -0.2) is 9.80 Å². The normalized spacial score (nSPS) is 13.5. The zero-order chi connectivity index (χ0) is 20.9. The smallest absolute Gasteiger partial charge is 0.332 e. The molecule has 1 N–H and O–H groups in total. The molecule has 150 valence electrons. The number of β-amino-alcohol motifs (C(OH)–C–C–N with tert-alkyl or cyclic N) is 1. The van der Waals surface area contributed by atoms with Crippen LogP contribution in [0.5, 0.6) is 0 Å². The Bertz CT molecular complexity index is 1300. The minimum Gasteiger partial charge on any atom is -0.394 e. The van der Waals surface area contributed by atoms with Gasteiger partial charge in [0.25, 0.3) is 11.2 Å². The number of aryl methyl sites for hydroxylation is 1. The molecule has 0 spiro atoms. The highest BCUT2D eigenvalue weighted by molar-refractivity contribution is 6.03. The van der Waals surface area contributed by atoms with Crippen molar-refractivity contribution < 1.29 is 10.0 Å². The molecule has 0 atom stereocenters. The van der Waals surface area contributed by atoms with Crippen LogP contribution in [-0.4, -0.2) is 47.6 Å². The Labute approximate surface area is 162 Å². The first kappa shape index (κ1) is 18.6. The summed E-state index contributed by atoms with van der Waals surface area (Å²) < 4.78 is 3.87. The molecular formula is C17H17N7O5. The number of hydrazone groups is 1. The van der Waals surface area contributed by atoms with E-state index >= 15 is 0 Å². The fourth-order valence-electron chi connectivity index (χ4n) is 3.35. The number of imidazole rings is 1. The van der Waals surface area contributed by atoms with Gasteiger partial charge in [0, 0.05) is 31.8 Å². The van der Waals surface area contributed by atoms with Gasteiger partial charge in [-0.3, -0.25) is 28.6 Å². The second kappa shape index (κ2) is 6.67. The topological polar surface area (TPSA) is 141 Å². The first-order chi connectivity index (χ1) is 13.8. The van der Waals surface area contributed by atoms with Crippen LogP contribution < -0.4 is 16.3 Å². The van der Waals surface area contributed by atoms with Gasteiger partial charge in [-0.05, 0) is 0 Å². The van der Waals surface area contributed by atoms with Crippen LogP contribution in [0, 0.1) is 10.1 Å². The summed E-state index contributed by atoms with van der Waals surface area (Å²) in [6, 6.07) is 6.01. The van der Waals surface area contributed by atoms with E-state index in [2.05, 4.69) is 10.1 Å². The van der Waals surface area contributed by atoms with Crippen molar-refractivity contribution in [2.75, 3.05) is 18.2 Å². The molecular weight excluding hydrogens is 382 g/mol. The minimum absolute atomic E-state index is 0.0847. The number of nitro benzene ring substituents is 1. The van der Waals surface area contributed by atoms with Crippen molar-refractivity contribution in [1.29, 1.82) is 0 Å². The second-order valence-electron chi connectivity index (χ2n) is 6.58. The second-order valence-corrected chi connectivity index (χ2v) is 6.58. The van der Waals surface area contributed by atoms with Crippen LogP contribution in [0.15, 0.2) is 39.0 Å². The third-order valence-electron chi connectivity index (χ3n) is 4.81. The summed E-state index contributed by atoms with van der Waals surface area (Å²) in [5, 5.41) is 26.4. The van der Waals surface area contributed by atoms with Gasteiger partial charge >= 0.3 is 5.69 Å². The molecule has 0 saturated carbocycles. The van der Waals surface area contributed by atoms with E-state index < -0.39 is 16.2 Å². The first-order valence-electron chi connectivity index (χ1n) is 8.70. The fourth-order valence-corrected chi connectivity index (χ4v) is 3.35. The zero-order valence-electron chi connectivity index (χ0n) is 15.6. The molecule has 0 fully saturated rings. The predicted octanol–water partition coefficient (Wildman–Crippen LogP) is -0.442. The van der Waals surface area contributed by atoms with Gasteiger partial charge in [0.1, 0.15) is 0 Å². The van der Waals surface area contributed by atoms with Crippen LogP contribution in [0.4, 0.5) is 11.6 Å². The summed E-state index contributed by atoms with van der Waals surface area (Å²) in [7, 11) is 2.90. The molecule has 29 heavy (non-hydrogen) atoms. The Hall–Kier alpha value is -3.80. The molecule has 0 bridgehead atoms. The van der Waals surface area contributed by atoms with Gasteiger partial charge in [0.15, 0.2) is 11.2 Å². The zero-order valence-corrected chi connectivity index (χ0v) is 15.6. The van der Waals surface area contributed by atoms with E-state index in [9.17, 15) is 24.8 Å². The molecule has 0 unspecified atom stereocenters. The molecule has 0 radical (unpaired) electrons. The van der Waals surface area contributed by atoms with Crippen LogP contribution in [0.2, 0.25) is 0 Å². The van der Waals surface area contributed by atoms with Crippen molar-refractivity contribution in [3.8, 4) is 0 Å². The molecule has 4 rings (SSSR count). The third-order valence-corrected chi connectivity index (χ3v) is 4.81. The average Bonchev–Trinajstić information content (AvgIpc) is 3.11. The van der Waals surface area contributed by atoms with Crippen LogP contribution in [-0.2, 0) is 20.6 Å². The minimum atomic E-state index is -0.508. The molecule has 3 heterocycles. The van der Waals surface area contributed by atoms with E-state index in [-0.39, 0.29) is 36.5 Å². The number of rotatable bonds is 4. The van der Waals surface area contributed by atoms with Gasteiger partial charge in [-0.1, -0.05) is 12.1 Å². The summed E-state index contributed by atoms with van der Waals surface area (Å²) in [6.07, 6.45) is 0. The number of nitrogens with zero attached hydrogens (tertiary/aromatic N) is 7. The highest BCUT2D eigenvalue weighted by Gasteiger charge is 2.28. The quantitative estimate of drug-likeness (QED) is 0.463. The summed E-state index contributed by atoms with van der Waals surface area (Å²) >= 11 is 0. The molecule has 3 aromatic rings. The maximum Gasteiger partial charge on any atom is 0.332 e. The Morgan fingerprint density at radius 3 is 2.69 bits per heavy atom. The number of benzene rings is 1. The number of aromatic nitrogens is 4. The number of nitro groups is 1. The van der Waals surface area contributed by atoms with Gasteiger partial charge < -0.3 is 5.11 Å². The molecule has 2 aromatic heterocycles. The Morgan fingerprint density at radius 1 is 1.24 bits per heavy atom. The van der Waals surface area contributed by atoms with E-state index in [4.69, 9.17) is 0 Å². The van der Waals surface area contributed by atoms with E-state index in [1.165, 1.54) is 35.8 Å². The largest absolute Gasteiger partial charge is 0.394 e. The predicted molar refractivity (Wildman–Crippen MR) is 104 cm³/mol. The lowest BCUT2D eigenvalue weighted by Gasteiger charge is -2.25. The van der Waals surface area contributed by atoms with Gasteiger partial charge in [-0.15, -0.1) is 0 Å². The van der Waals surface area contributed by atoms with E-state index in [1.54, 1.807) is 16.7 Å². The van der Waals surface area contributed by atoms with E-state index in [1.807, 2.05) is 0 Å². The van der Waals surface area contributed by atoms with E-state index in [0.29, 0.717) is 17.2 Å². The molecule has 1 aliphatic heterocycles. The van der Waals surface area contributed by atoms with Crippen LogP contribution in [0.1, 0.15) is 5.56 Å². The monoisotopic (exact) mass is 399 g/mol. The van der Waals surface area contributed by atoms with E-state index in [0.717, 1.165) is 4.57 Å². The Morgan fingerprint density at radius 2 is 2.00 bits per heavy atom. The average molecular weight is 399 g/mol. The number of non-ortho nitro benzene ring substituents is 1. The maximum absolute atomic E-state index is 12.8. The lowest BCUT2D eigenvalue weighted by Crippen LogP contribution is -2.38. The van der Waals surface area contributed by atoms with Gasteiger partial charge in [0.2, 0.25) is 5.95 Å². The highest BCUT2D eigenvalue weighted by atomic mass is 16.6. The molecule has 0 saturated heterocycles. The SMILES string of the molecule is Cn1c(=O)c2c(nc3n2CC(c2cccc([N+](=O)[O-])c2)=NN3CCO)n(C)c1=O. The van der Waals surface area contributed by atoms with Gasteiger partial charge in [-0.2, -0.15) is 10.1 Å². The van der Waals surface area contributed by atoms with Crippen molar-refractivity contribution in [3.63, 3.8) is 0 Å². The number of anilines is 1. The molecule has 1 aliphatic rings. The highest BCUT2D eigenvalue weighted by Crippen LogP contribution is 2.26. The summed E-state index contributed by atoms with van der Waals surface area (Å²) in [5.74, 6) is 0.307. The number of aliphatic hydroxyl groups excluding tert-OH is 1. The third kappa shape index (κ3) is 2.81. The summed E-state index contributed by atoms with van der Waals surface area (Å²) in [5.41, 5.74) is 0.286. The lowest BCUT2D eigenvalue weighted by atomic mass is 10.1. The number of hydrogen-bond acceptors (Lipinski definition) is 8. The fraction of sp³-hybridized carbons (Fsp3) is 0.294. The van der Waals surface area contributed by atoms with Crippen molar-refractivity contribution in [3.05, 3.63) is 60.8 Å². The van der Waals surface area contributed by atoms with Crippen LogP contribution in [0.3, 0.4) is 0 Å². The van der Waals surface area contributed by atoms with Crippen LogP contribution in [0.25, 0.3) is 11.2 Å². The molecule has 1 aromatic carbocycles. The maximum atomic E-state index is 12.8. The van der Waals surface area contributed by atoms with Crippen molar-refractivity contribution >= 4 is 28.5 Å². The Kier molecular flexibility index (Phi) is 4.27. The molecule has 12 nitrogen and oxygen atoms in total. The van der Waals surface area contributed by atoms with Crippen molar-refractivity contribution in [1.82, 2.24) is 18.7 Å². The Balaban J connectivity index is 1.95. The molecule has 12 heteroatoms. The summed E-state index contributed by atoms with van der Waals surface area (Å²) in [6.45, 7) is -0.00968. The number of fused-ring (bicyclic) bond motifs is 3. The first-order valence-corrected chi connectivity index (χ1v) is 8.70. The number of aliphatic hydroxyl groups is 1. The van der Waals surface area contributed by atoms with Crippen molar-refractivity contribution in [2.24, 2.45) is 19.2 Å². The molecule has 0 aliphatic carbocycles.